The van der Waals surface area contributed by atoms with Crippen LogP contribution < -0.4 is 5.73 Å². The van der Waals surface area contributed by atoms with Crippen molar-refractivity contribution in [1.29, 1.82) is 0 Å². The van der Waals surface area contributed by atoms with E-state index in [1.54, 1.807) is 7.11 Å². The number of methoxy groups -OCH3 is 2. The average Bonchev–Trinajstić information content (AvgIpc) is 3.21. The van der Waals surface area contributed by atoms with Crippen molar-refractivity contribution in [3.63, 3.8) is 0 Å². The highest BCUT2D eigenvalue weighted by atomic mass is 16.5. The zero-order valence-corrected chi connectivity index (χ0v) is 11.2. The smallest absolute Gasteiger partial charge is 0.0661 e. The van der Waals surface area contributed by atoms with Crippen LogP contribution in [0.3, 0.4) is 0 Å². The second-order valence-corrected chi connectivity index (χ2v) is 5.44. The average molecular weight is 242 g/mol. The molecule has 2 N–H and O–H groups in total. The number of nitrogens with zero attached hydrogens (tertiary/aromatic N) is 1. The summed E-state index contributed by atoms with van der Waals surface area (Å²) in [5, 5.41) is 0. The lowest BCUT2D eigenvalue weighted by Gasteiger charge is -2.46. The fourth-order valence-corrected chi connectivity index (χ4v) is 3.23. The Hall–Kier alpha value is -0.160. The Morgan fingerprint density at radius 3 is 2.24 bits per heavy atom. The molecule has 1 atom stereocenters. The van der Waals surface area contributed by atoms with Gasteiger partial charge in [-0.25, -0.2) is 0 Å². The molecule has 1 saturated carbocycles. The van der Waals surface area contributed by atoms with Crippen molar-refractivity contribution in [2.24, 2.45) is 11.7 Å². The molecule has 0 aromatic heterocycles. The molecular weight excluding hydrogens is 216 g/mol. The van der Waals surface area contributed by atoms with E-state index in [9.17, 15) is 0 Å². The van der Waals surface area contributed by atoms with Crippen LogP contribution in [-0.4, -0.2) is 57.0 Å². The van der Waals surface area contributed by atoms with E-state index in [2.05, 4.69) is 4.90 Å². The van der Waals surface area contributed by atoms with Crippen molar-refractivity contribution in [3.8, 4) is 0 Å². The molecule has 0 aromatic rings. The predicted octanol–water partition coefficient (Wildman–Crippen LogP) is 0.851. The molecule has 0 amide bonds. The van der Waals surface area contributed by atoms with Crippen molar-refractivity contribution in [2.75, 3.05) is 40.5 Å². The SMILES string of the molecule is COCC(CN)(C1CC1)N1CCC(OC)CC1. The maximum absolute atomic E-state index is 6.08. The summed E-state index contributed by atoms with van der Waals surface area (Å²) in [6.45, 7) is 3.67. The van der Waals surface area contributed by atoms with Crippen molar-refractivity contribution >= 4 is 0 Å². The van der Waals surface area contributed by atoms with Gasteiger partial charge < -0.3 is 15.2 Å². The monoisotopic (exact) mass is 242 g/mol. The number of ether oxygens (including phenoxy) is 2. The van der Waals surface area contributed by atoms with Crippen LogP contribution in [-0.2, 0) is 9.47 Å². The van der Waals surface area contributed by atoms with Gasteiger partial charge in [-0.15, -0.1) is 0 Å². The quantitative estimate of drug-likeness (QED) is 0.750. The van der Waals surface area contributed by atoms with Gasteiger partial charge in [-0.2, -0.15) is 0 Å². The normalized spacial score (nSPS) is 27.0. The van der Waals surface area contributed by atoms with Gasteiger partial charge in [0, 0.05) is 33.9 Å². The topological polar surface area (TPSA) is 47.7 Å². The molecule has 1 aliphatic carbocycles. The van der Waals surface area contributed by atoms with E-state index in [0.717, 1.165) is 38.5 Å². The maximum Gasteiger partial charge on any atom is 0.0661 e. The summed E-state index contributed by atoms with van der Waals surface area (Å²) < 4.78 is 10.9. The Morgan fingerprint density at radius 2 is 1.82 bits per heavy atom. The Kier molecular flexibility index (Phi) is 4.42. The van der Waals surface area contributed by atoms with Crippen LogP contribution in [0.1, 0.15) is 25.7 Å². The minimum Gasteiger partial charge on any atom is -0.383 e. The van der Waals surface area contributed by atoms with Gasteiger partial charge in [-0.05, 0) is 31.6 Å². The summed E-state index contributed by atoms with van der Waals surface area (Å²) in [6, 6.07) is 0. The molecule has 4 heteroatoms. The molecule has 17 heavy (non-hydrogen) atoms. The van der Waals surface area contributed by atoms with E-state index in [1.165, 1.54) is 12.8 Å². The third-order valence-electron chi connectivity index (χ3n) is 4.49. The molecule has 0 aromatic carbocycles. The lowest BCUT2D eigenvalue weighted by Crippen LogP contribution is -2.61. The van der Waals surface area contributed by atoms with Gasteiger partial charge in [0.1, 0.15) is 0 Å². The lowest BCUT2D eigenvalue weighted by molar-refractivity contribution is -0.0423. The first-order chi connectivity index (χ1) is 8.26. The third-order valence-corrected chi connectivity index (χ3v) is 4.49. The van der Waals surface area contributed by atoms with Gasteiger partial charge in [0.05, 0.1) is 18.2 Å². The first-order valence-corrected chi connectivity index (χ1v) is 6.73. The van der Waals surface area contributed by atoms with Crippen LogP contribution in [0, 0.1) is 5.92 Å². The lowest BCUT2D eigenvalue weighted by atomic mass is 9.89. The molecule has 1 unspecified atom stereocenters. The van der Waals surface area contributed by atoms with Crippen LogP contribution in [0.15, 0.2) is 0 Å². The van der Waals surface area contributed by atoms with Crippen molar-refractivity contribution in [1.82, 2.24) is 4.90 Å². The van der Waals surface area contributed by atoms with Crippen LogP contribution in [0.4, 0.5) is 0 Å². The minimum atomic E-state index is 0.0907. The zero-order valence-electron chi connectivity index (χ0n) is 11.2. The highest BCUT2D eigenvalue weighted by molar-refractivity contribution is 5.04. The first-order valence-electron chi connectivity index (χ1n) is 6.73. The number of piperidine rings is 1. The fourth-order valence-electron chi connectivity index (χ4n) is 3.23. The van der Waals surface area contributed by atoms with Gasteiger partial charge in [0.15, 0.2) is 0 Å². The van der Waals surface area contributed by atoms with Crippen LogP contribution in [0.5, 0.6) is 0 Å². The van der Waals surface area contributed by atoms with E-state index >= 15 is 0 Å². The van der Waals surface area contributed by atoms with Crippen LogP contribution in [0.2, 0.25) is 0 Å². The molecule has 1 aliphatic heterocycles. The second kappa shape index (κ2) is 5.65. The summed E-state index contributed by atoms with van der Waals surface area (Å²) in [7, 11) is 3.60. The molecule has 100 valence electrons. The molecule has 2 aliphatic rings. The minimum absolute atomic E-state index is 0.0907. The second-order valence-electron chi connectivity index (χ2n) is 5.44. The highest BCUT2D eigenvalue weighted by Crippen LogP contribution is 2.43. The summed E-state index contributed by atoms with van der Waals surface area (Å²) in [5.74, 6) is 0.742. The van der Waals surface area contributed by atoms with Crippen LogP contribution >= 0.6 is 0 Å². The predicted molar refractivity (Wildman–Crippen MR) is 68.0 cm³/mol. The van der Waals surface area contributed by atoms with Gasteiger partial charge in [-0.1, -0.05) is 0 Å². The number of hydrogen-bond donors (Lipinski definition) is 1. The van der Waals surface area contributed by atoms with Gasteiger partial charge in [0.25, 0.3) is 0 Å². The first kappa shape index (κ1) is 13.3. The molecule has 2 fully saturated rings. The molecule has 0 radical (unpaired) electrons. The molecule has 1 heterocycles. The molecule has 4 nitrogen and oxygen atoms in total. The van der Waals surface area contributed by atoms with E-state index in [0.29, 0.717) is 12.6 Å². The van der Waals surface area contributed by atoms with E-state index < -0.39 is 0 Å². The number of likely N-dealkylation sites (tertiary alicyclic amines) is 1. The van der Waals surface area contributed by atoms with Gasteiger partial charge in [0.2, 0.25) is 0 Å². The molecule has 0 spiro atoms. The Morgan fingerprint density at radius 1 is 1.18 bits per heavy atom. The number of rotatable bonds is 6. The third kappa shape index (κ3) is 2.65. The summed E-state index contributed by atoms with van der Waals surface area (Å²) in [6.07, 6.45) is 5.29. The highest BCUT2D eigenvalue weighted by Gasteiger charge is 2.49. The van der Waals surface area contributed by atoms with E-state index in [4.69, 9.17) is 15.2 Å². The summed E-state index contributed by atoms with van der Waals surface area (Å²) >= 11 is 0. The number of nitrogens with two attached hydrogens (primary N) is 1. The summed E-state index contributed by atoms with van der Waals surface area (Å²) in [4.78, 5) is 2.56. The molecular formula is C13H26N2O2. The maximum atomic E-state index is 6.08. The zero-order chi connectivity index (χ0) is 12.3. The van der Waals surface area contributed by atoms with Gasteiger partial charge >= 0.3 is 0 Å². The Labute approximate surface area is 104 Å². The van der Waals surface area contributed by atoms with Crippen molar-refractivity contribution in [2.45, 2.75) is 37.3 Å². The molecule has 1 saturated heterocycles. The Balaban J connectivity index is 2.00. The summed E-state index contributed by atoms with van der Waals surface area (Å²) in [5.41, 5.74) is 6.17. The molecule has 0 bridgehead atoms. The van der Waals surface area contributed by atoms with Crippen molar-refractivity contribution in [3.05, 3.63) is 0 Å². The largest absolute Gasteiger partial charge is 0.383 e. The Bertz CT molecular complexity index is 238. The van der Waals surface area contributed by atoms with E-state index in [-0.39, 0.29) is 5.54 Å². The van der Waals surface area contributed by atoms with Crippen molar-refractivity contribution < 1.29 is 9.47 Å². The standard InChI is InChI=1S/C13H26N2O2/c1-16-10-13(9-14,11-3-4-11)15-7-5-12(17-2)6-8-15/h11-12H,3-10,14H2,1-2H3. The molecule has 2 rings (SSSR count). The van der Waals surface area contributed by atoms with E-state index in [1.807, 2.05) is 7.11 Å². The number of hydrogen-bond acceptors (Lipinski definition) is 4. The van der Waals surface area contributed by atoms with Gasteiger partial charge in [-0.3, -0.25) is 4.90 Å². The van der Waals surface area contributed by atoms with Crippen LogP contribution in [0.25, 0.3) is 0 Å². The fraction of sp³-hybridized carbons (Fsp3) is 1.00.